The molecule has 0 spiro atoms. The summed E-state index contributed by atoms with van der Waals surface area (Å²) in [4.78, 5) is 15.2. The van der Waals surface area contributed by atoms with Gasteiger partial charge in [0.15, 0.2) is 5.82 Å². The smallest absolute Gasteiger partial charge is 0.268 e. The van der Waals surface area contributed by atoms with Gasteiger partial charge in [-0.2, -0.15) is 15.5 Å². The number of nitrogen functional groups attached to an aromatic ring is 1. The SMILES string of the molecule is Cn1nc(-c2cn(-c3c(F)cccc3F)c(=O)c3c(N)n[nH]c23)cc1N1CCC(C#N)CC1. The fourth-order valence-electron chi connectivity index (χ4n) is 4.34. The van der Waals surface area contributed by atoms with Gasteiger partial charge in [0.05, 0.1) is 17.3 Å². The van der Waals surface area contributed by atoms with E-state index in [-0.39, 0.29) is 17.1 Å². The molecule has 33 heavy (non-hydrogen) atoms. The van der Waals surface area contributed by atoms with Gasteiger partial charge in [0.2, 0.25) is 0 Å². The number of aryl methyl sites for hydroxylation is 1. The van der Waals surface area contributed by atoms with E-state index in [2.05, 4.69) is 26.3 Å². The van der Waals surface area contributed by atoms with Crippen LogP contribution < -0.4 is 16.2 Å². The summed E-state index contributed by atoms with van der Waals surface area (Å²) in [5.41, 5.74) is 5.96. The number of anilines is 2. The maximum Gasteiger partial charge on any atom is 0.268 e. The third kappa shape index (κ3) is 3.31. The lowest BCUT2D eigenvalue weighted by Crippen LogP contribution is -2.34. The van der Waals surface area contributed by atoms with Gasteiger partial charge in [0.1, 0.15) is 28.5 Å². The third-order valence-electron chi connectivity index (χ3n) is 6.07. The van der Waals surface area contributed by atoms with Crippen molar-refractivity contribution in [3.63, 3.8) is 0 Å². The van der Waals surface area contributed by atoms with Gasteiger partial charge >= 0.3 is 0 Å². The number of nitrogens with two attached hydrogens (primary N) is 1. The highest BCUT2D eigenvalue weighted by atomic mass is 19.1. The standard InChI is InChI=1S/C22H20F2N8O/c1-30-17(31-7-5-12(10-25)6-8-31)9-16(29-30)13-11-32(20-14(23)3-2-4-15(20)24)22(33)18-19(13)27-28-21(18)26/h2-4,9,11-12H,5-8H2,1H3,(H3,26,27,28). The Morgan fingerprint density at radius 2 is 1.94 bits per heavy atom. The second-order valence-electron chi connectivity index (χ2n) is 8.05. The number of hydrogen-bond donors (Lipinski definition) is 2. The molecule has 0 radical (unpaired) electrons. The minimum absolute atomic E-state index is 0.0252. The minimum Gasteiger partial charge on any atom is -0.382 e. The number of benzene rings is 1. The van der Waals surface area contributed by atoms with Gasteiger partial charge in [-0.1, -0.05) is 6.07 Å². The summed E-state index contributed by atoms with van der Waals surface area (Å²) >= 11 is 0. The van der Waals surface area contributed by atoms with E-state index in [0.29, 0.717) is 29.9 Å². The summed E-state index contributed by atoms with van der Waals surface area (Å²) in [6.07, 6.45) is 2.86. The average Bonchev–Trinajstić information content (AvgIpc) is 3.38. The van der Waals surface area contributed by atoms with Gasteiger partial charge in [0.25, 0.3) is 5.56 Å². The monoisotopic (exact) mass is 450 g/mol. The van der Waals surface area contributed by atoms with E-state index >= 15 is 0 Å². The summed E-state index contributed by atoms with van der Waals surface area (Å²) in [6.45, 7) is 1.42. The van der Waals surface area contributed by atoms with Gasteiger partial charge < -0.3 is 10.6 Å². The number of nitrogens with one attached hydrogen (secondary N) is 1. The molecule has 4 heterocycles. The van der Waals surface area contributed by atoms with Gasteiger partial charge in [-0.05, 0) is 25.0 Å². The molecule has 9 nitrogen and oxygen atoms in total. The van der Waals surface area contributed by atoms with E-state index in [9.17, 15) is 13.6 Å². The topological polar surface area (TPSA) is 122 Å². The fraction of sp³-hybridized carbons (Fsp3) is 0.273. The Morgan fingerprint density at radius 3 is 2.61 bits per heavy atom. The van der Waals surface area contributed by atoms with Gasteiger partial charge in [-0.3, -0.25) is 19.1 Å². The van der Waals surface area contributed by atoms with E-state index in [0.717, 1.165) is 35.4 Å². The maximum absolute atomic E-state index is 14.5. The van der Waals surface area contributed by atoms with Crippen LogP contribution in [0.4, 0.5) is 20.4 Å². The molecule has 1 aromatic carbocycles. The normalized spacial score (nSPS) is 14.7. The van der Waals surface area contributed by atoms with E-state index in [4.69, 9.17) is 11.0 Å². The number of halogens is 2. The summed E-state index contributed by atoms with van der Waals surface area (Å²) in [5, 5.41) is 20.4. The number of aromatic nitrogens is 5. The van der Waals surface area contributed by atoms with Crippen molar-refractivity contribution in [1.29, 1.82) is 5.26 Å². The molecule has 4 aromatic rings. The molecule has 1 fully saturated rings. The zero-order valence-electron chi connectivity index (χ0n) is 17.7. The Kier molecular flexibility index (Phi) is 4.85. The van der Waals surface area contributed by atoms with Crippen LogP contribution >= 0.6 is 0 Å². The van der Waals surface area contributed by atoms with Crippen LogP contribution in [0.25, 0.3) is 27.8 Å². The lowest BCUT2D eigenvalue weighted by Gasteiger charge is -2.30. The highest BCUT2D eigenvalue weighted by molar-refractivity contribution is 5.98. The molecule has 5 rings (SSSR count). The predicted octanol–water partition coefficient (Wildman–Crippen LogP) is 2.71. The van der Waals surface area contributed by atoms with Crippen LogP contribution in [0.5, 0.6) is 0 Å². The minimum atomic E-state index is -0.883. The van der Waals surface area contributed by atoms with Crippen molar-refractivity contribution in [1.82, 2.24) is 24.5 Å². The molecule has 0 aliphatic carbocycles. The van der Waals surface area contributed by atoms with Crippen molar-refractivity contribution in [2.75, 3.05) is 23.7 Å². The van der Waals surface area contributed by atoms with Gasteiger partial charge in [-0.15, -0.1) is 0 Å². The number of nitriles is 1. The van der Waals surface area contributed by atoms with Crippen LogP contribution in [-0.4, -0.2) is 37.6 Å². The number of pyridine rings is 1. The molecule has 11 heteroatoms. The summed E-state index contributed by atoms with van der Waals surface area (Å²) in [6, 6.07) is 7.54. The quantitative estimate of drug-likeness (QED) is 0.495. The number of fused-ring (bicyclic) bond motifs is 1. The number of hydrogen-bond acceptors (Lipinski definition) is 6. The van der Waals surface area contributed by atoms with Crippen LogP contribution in [-0.2, 0) is 7.05 Å². The number of aromatic amines is 1. The van der Waals surface area contributed by atoms with Crippen molar-refractivity contribution in [3.8, 4) is 23.0 Å². The largest absolute Gasteiger partial charge is 0.382 e. The van der Waals surface area contributed by atoms with Crippen molar-refractivity contribution >= 4 is 22.5 Å². The molecular formula is C22H20F2N8O. The van der Waals surface area contributed by atoms with Crippen molar-refractivity contribution in [2.45, 2.75) is 12.8 Å². The number of H-pyrrole nitrogens is 1. The van der Waals surface area contributed by atoms with Crippen LogP contribution in [0.2, 0.25) is 0 Å². The fourth-order valence-corrected chi connectivity index (χ4v) is 4.34. The molecule has 168 valence electrons. The zero-order valence-corrected chi connectivity index (χ0v) is 17.7. The lowest BCUT2D eigenvalue weighted by molar-refractivity contribution is 0.480. The molecule has 1 aliphatic heterocycles. The predicted molar refractivity (Wildman–Crippen MR) is 119 cm³/mol. The molecule has 0 atom stereocenters. The molecule has 1 aliphatic rings. The molecule has 0 unspecified atom stereocenters. The van der Waals surface area contributed by atoms with Crippen molar-refractivity contribution < 1.29 is 8.78 Å². The first kappa shape index (κ1) is 20.7. The van der Waals surface area contributed by atoms with Crippen LogP contribution in [0, 0.1) is 28.9 Å². The van der Waals surface area contributed by atoms with Crippen molar-refractivity contribution in [3.05, 3.63) is 52.5 Å². The molecule has 3 aromatic heterocycles. The molecule has 0 amide bonds. The number of nitrogens with zero attached hydrogens (tertiary/aromatic N) is 6. The van der Waals surface area contributed by atoms with E-state index in [1.165, 1.54) is 12.3 Å². The first-order valence-corrected chi connectivity index (χ1v) is 10.4. The third-order valence-corrected chi connectivity index (χ3v) is 6.07. The van der Waals surface area contributed by atoms with E-state index < -0.39 is 22.9 Å². The summed E-state index contributed by atoms with van der Waals surface area (Å²) < 4.78 is 31.7. The molecule has 1 saturated heterocycles. The molecule has 0 saturated carbocycles. The van der Waals surface area contributed by atoms with Crippen LogP contribution in [0.15, 0.2) is 35.3 Å². The van der Waals surface area contributed by atoms with Crippen molar-refractivity contribution in [2.24, 2.45) is 13.0 Å². The molecule has 0 bridgehead atoms. The first-order valence-electron chi connectivity index (χ1n) is 10.4. The lowest BCUT2D eigenvalue weighted by atomic mass is 9.99. The second kappa shape index (κ2) is 7.74. The summed E-state index contributed by atoms with van der Waals surface area (Å²) in [5.74, 6) is -0.965. The van der Waals surface area contributed by atoms with Crippen LogP contribution in [0.1, 0.15) is 12.8 Å². The van der Waals surface area contributed by atoms with E-state index in [1.807, 2.05) is 6.07 Å². The first-order chi connectivity index (χ1) is 15.9. The number of piperidine rings is 1. The number of para-hydroxylation sites is 1. The Morgan fingerprint density at radius 1 is 1.24 bits per heavy atom. The molecular weight excluding hydrogens is 430 g/mol. The Labute approximate surface area is 186 Å². The summed E-state index contributed by atoms with van der Waals surface area (Å²) in [7, 11) is 1.79. The Bertz CT molecular complexity index is 1450. The van der Waals surface area contributed by atoms with E-state index in [1.54, 1.807) is 11.7 Å². The average molecular weight is 450 g/mol. The highest BCUT2D eigenvalue weighted by Crippen LogP contribution is 2.32. The highest BCUT2D eigenvalue weighted by Gasteiger charge is 2.25. The van der Waals surface area contributed by atoms with Crippen LogP contribution in [0.3, 0.4) is 0 Å². The van der Waals surface area contributed by atoms with Gasteiger partial charge in [0, 0.05) is 43.9 Å². The maximum atomic E-state index is 14.5. The Hall–Kier alpha value is -4.20. The number of rotatable bonds is 3. The Balaban J connectivity index is 1.68. The second-order valence-corrected chi connectivity index (χ2v) is 8.05. The zero-order chi connectivity index (χ0) is 23.3. The van der Waals surface area contributed by atoms with Gasteiger partial charge in [-0.25, -0.2) is 8.78 Å². The molecule has 3 N–H and O–H groups in total.